The van der Waals surface area contributed by atoms with E-state index in [2.05, 4.69) is 9.97 Å². The molecule has 0 saturated heterocycles. The Morgan fingerprint density at radius 3 is 2.84 bits per heavy atom. The topological polar surface area (TPSA) is 30.7 Å². The average molecular weight is 296 g/mol. The molecule has 0 N–H and O–H groups in total. The predicted octanol–water partition coefficient (Wildman–Crippen LogP) is 4.08. The zero-order valence-electron chi connectivity index (χ0n) is 9.86. The Morgan fingerprint density at radius 1 is 1.26 bits per heavy atom. The normalized spacial score (nSPS) is 11.2. The van der Waals surface area contributed by atoms with E-state index in [4.69, 9.17) is 23.2 Å². The molecule has 0 aliphatic carbocycles. The molecule has 96 valence electrons. The molecule has 2 heterocycles. The van der Waals surface area contributed by atoms with Crippen molar-refractivity contribution in [2.24, 2.45) is 7.05 Å². The van der Waals surface area contributed by atoms with E-state index in [1.54, 1.807) is 6.07 Å². The van der Waals surface area contributed by atoms with Crippen LogP contribution < -0.4 is 0 Å². The Labute approximate surface area is 118 Å². The molecular formula is C13H8Cl2FN3. The van der Waals surface area contributed by atoms with Gasteiger partial charge in [0.15, 0.2) is 0 Å². The van der Waals surface area contributed by atoms with E-state index < -0.39 is 0 Å². The van der Waals surface area contributed by atoms with Crippen molar-refractivity contribution in [1.82, 2.24) is 14.5 Å². The zero-order valence-corrected chi connectivity index (χ0v) is 11.4. The highest BCUT2D eigenvalue weighted by Crippen LogP contribution is 2.33. The minimum Gasteiger partial charge on any atom is -0.350 e. The van der Waals surface area contributed by atoms with Crippen LogP contribution in [0.2, 0.25) is 10.3 Å². The van der Waals surface area contributed by atoms with Gasteiger partial charge in [-0.1, -0.05) is 11.6 Å². The zero-order chi connectivity index (χ0) is 13.6. The number of fused-ring (bicyclic) bond motifs is 1. The van der Waals surface area contributed by atoms with E-state index in [1.807, 2.05) is 17.8 Å². The van der Waals surface area contributed by atoms with Crippen molar-refractivity contribution in [2.75, 3.05) is 0 Å². The fourth-order valence-electron chi connectivity index (χ4n) is 2.08. The average Bonchev–Trinajstić information content (AvgIpc) is 2.69. The second-order valence-corrected chi connectivity index (χ2v) is 4.90. The Balaban J connectivity index is 2.34. The van der Waals surface area contributed by atoms with E-state index in [0.29, 0.717) is 10.7 Å². The molecule has 3 aromatic rings. The molecule has 3 rings (SSSR count). The molecule has 2 aromatic heterocycles. The molecule has 0 unspecified atom stereocenters. The quantitative estimate of drug-likeness (QED) is 0.633. The fourth-order valence-corrected chi connectivity index (χ4v) is 2.41. The molecule has 0 aliphatic rings. The van der Waals surface area contributed by atoms with Gasteiger partial charge in [0.05, 0.1) is 22.4 Å². The summed E-state index contributed by atoms with van der Waals surface area (Å²) in [6.45, 7) is 0. The maximum atomic E-state index is 13.3. The minimum absolute atomic E-state index is 0.124. The Kier molecular flexibility index (Phi) is 2.92. The highest BCUT2D eigenvalue weighted by Gasteiger charge is 2.14. The lowest BCUT2D eigenvalue weighted by molar-refractivity contribution is 0.629. The first-order valence-corrected chi connectivity index (χ1v) is 6.25. The van der Waals surface area contributed by atoms with Crippen LogP contribution in [0.1, 0.15) is 0 Å². The van der Waals surface area contributed by atoms with E-state index in [0.717, 1.165) is 16.5 Å². The number of rotatable bonds is 1. The van der Waals surface area contributed by atoms with Crippen molar-refractivity contribution in [3.8, 4) is 11.3 Å². The van der Waals surface area contributed by atoms with Gasteiger partial charge in [-0.05, 0) is 29.8 Å². The van der Waals surface area contributed by atoms with Crippen LogP contribution in [-0.4, -0.2) is 14.5 Å². The summed E-state index contributed by atoms with van der Waals surface area (Å²) in [4.78, 5) is 7.97. The number of nitrogens with zero attached hydrogens (tertiary/aromatic N) is 3. The minimum atomic E-state index is -0.285. The van der Waals surface area contributed by atoms with Crippen LogP contribution in [0.5, 0.6) is 0 Å². The summed E-state index contributed by atoms with van der Waals surface area (Å²) in [6, 6.07) is 4.57. The summed E-state index contributed by atoms with van der Waals surface area (Å²) < 4.78 is 15.1. The van der Waals surface area contributed by atoms with Crippen LogP contribution >= 0.6 is 23.2 Å². The van der Waals surface area contributed by atoms with Gasteiger partial charge in [0.1, 0.15) is 5.82 Å². The van der Waals surface area contributed by atoms with Crippen molar-refractivity contribution < 1.29 is 4.39 Å². The molecule has 0 radical (unpaired) electrons. The second-order valence-electron chi connectivity index (χ2n) is 4.15. The molecule has 0 bridgehead atoms. The van der Waals surface area contributed by atoms with Gasteiger partial charge in [0, 0.05) is 24.2 Å². The van der Waals surface area contributed by atoms with Gasteiger partial charge in [-0.2, -0.15) is 0 Å². The van der Waals surface area contributed by atoms with Gasteiger partial charge in [-0.15, -0.1) is 0 Å². The van der Waals surface area contributed by atoms with Gasteiger partial charge < -0.3 is 4.57 Å². The van der Waals surface area contributed by atoms with E-state index in [-0.39, 0.29) is 11.1 Å². The van der Waals surface area contributed by atoms with Crippen LogP contribution in [-0.2, 0) is 7.05 Å². The summed E-state index contributed by atoms with van der Waals surface area (Å²) in [5, 5.41) is 1.39. The third kappa shape index (κ3) is 2.07. The number of halogens is 3. The first-order chi connectivity index (χ1) is 9.06. The molecule has 19 heavy (non-hydrogen) atoms. The molecule has 6 heteroatoms. The molecule has 0 atom stereocenters. The molecule has 3 nitrogen and oxygen atoms in total. The lowest BCUT2D eigenvalue weighted by Gasteiger charge is -2.01. The SMILES string of the molecule is Cn1cc(-c2nc(Cl)ncc2Cl)c2ccc(F)cc21. The monoisotopic (exact) mass is 295 g/mol. The molecular weight excluding hydrogens is 288 g/mol. The van der Waals surface area contributed by atoms with Crippen molar-refractivity contribution in [1.29, 1.82) is 0 Å². The lowest BCUT2D eigenvalue weighted by atomic mass is 10.1. The largest absolute Gasteiger partial charge is 0.350 e. The van der Waals surface area contributed by atoms with Crippen molar-refractivity contribution in [3.63, 3.8) is 0 Å². The Bertz CT molecular complexity index is 783. The molecule has 0 saturated carbocycles. The first-order valence-electron chi connectivity index (χ1n) is 5.49. The number of benzene rings is 1. The third-order valence-corrected chi connectivity index (χ3v) is 3.38. The summed E-state index contributed by atoms with van der Waals surface area (Å²) in [6.07, 6.45) is 3.29. The highest BCUT2D eigenvalue weighted by atomic mass is 35.5. The molecule has 1 aromatic carbocycles. The fraction of sp³-hybridized carbons (Fsp3) is 0.0769. The van der Waals surface area contributed by atoms with Gasteiger partial charge in [-0.3, -0.25) is 0 Å². The summed E-state index contributed by atoms with van der Waals surface area (Å²) in [5.41, 5.74) is 2.10. The van der Waals surface area contributed by atoms with E-state index >= 15 is 0 Å². The number of aryl methyl sites for hydroxylation is 1. The number of aromatic nitrogens is 3. The molecule has 0 spiro atoms. The van der Waals surface area contributed by atoms with Gasteiger partial charge in [-0.25, -0.2) is 14.4 Å². The van der Waals surface area contributed by atoms with Crippen LogP contribution in [0.4, 0.5) is 4.39 Å². The maximum Gasteiger partial charge on any atom is 0.222 e. The van der Waals surface area contributed by atoms with Gasteiger partial charge in [0.2, 0.25) is 5.28 Å². The molecule has 0 amide bonds. The highest BCUT2D eigenvalue weighted by molar-refractivity contribution is 6.34. The number of hydrogen-bond acceptors (Lipinski definition) is 2. The maximum absolute atomic E-state index is 13.3. The lowest BCUT2D eigenvalue weighted by Crippen LogP contribution is -1.88. The van der Waals surface area contributed by atoms with Crippen LogP contribution in [0.25, 0.3) is 22.2 Å². The van der Waals surface area contributed by atoms with Crippen LogP contribution in [0, 0.1) is 5.82 Å². The van der Waals surface area contributed by atoms with Gasteiger partial charge >= 0.3 is 0 Å². The molecule has 0 aliphatic heterocycles. The number of hydrogen-bond donors (Lipinski definition) is 0. The summed E-state index contributed by atoms with van der Waals surface area (Å²) in [5.74, 6) is -0.285. The van der Waals surface area contributed by atoms with Crippen LogP contribution in [0.3, 0.4) is 0 Å². The predicted molar refractivity (Wildman–Crippen MR) is 73.9 cm³/mol. The summed E-state index contributed by atoms with van der Waals surface area (Å²) >= 11 is 11.9. The van der Waals surface area contributed by atoms with Crippen molar-refractivity contribution >= 4 is 34.1 Å². The first kappa shape index (κ1) is 12.4. The summed E-state index contributed by atoms with van der Waals surface area (Å²) in [7, 11) is 1.84. The van der Waals surface area contributed by atoms with Crippen LogP contribution in [0.15, 0.2) is 30.6 Å². The smallest absolute Gasteiger partial charge is 0.222 e. The van der Waals surface area contributed by atoms with E-state index in [1.165, 1.54) is 18.3 Å². The standard InChI is InChI=1S/C13H8Cl2FN3/c1-19-6-9(8-3-2-7(16)4-11(8)19)12-10(14)5-17-13(15)18-12/h2-6H,1H3. The third-order valence-electron chi connectivity index (χ3n) is 2.92. The van der Waals surface area contributed by atoms with Gasteiger partial charge in [0.25, 0.3) is 0 Å². The Hall–Kier alpha value is -1.65. The Morgan fingerprint density at radius 2 is 2.05 bits per heavy atom. The molecule has 0 fully saturated rings. The van der Waals surface area contributed by atoms with Crippen molar-refractivity contribution in [2.45, 2.75) is 0 Å². The van der Waals surface area contributed by atoms with Crippen molar-refractivity contribution in [3.05, 3.63) is 46.7 Å². The van der Waals surface area contributed by atoms with E-state index in [9.17, 15) is 4.39 Å². The second kappa shape index (κ2) is 4.47.